The van der Waals surface area contributed by atoms with Crippen molar-refractivity contribution in [1.29, 1.82) is 0 Å². The lowest BCUT2D eigenvalue weighted by Gasteiger charge is -2.28. The Morgan fingerprint density at radius 3 is 1.85 bits per heavy atom. The molecule has 9 nitrogen and oxygen atoms in total. The molecule has 0 unspecified atom stereocenters. The lowest BCUT2D eigenvalue weighted by Crippen LogP contribution is -2.41. The summed E-state index contributed by atoms with van der Waals surface area (Å²) in [5.41, 5.74) is 0.665. The Labute approximate surface area is 228 Å². The fourth-order valence-corrected chi connectivity index (χ4v) is 6.13. The number of aryl methyl sites for hydroxylation is 2. The molecule has 0 radical (unpaired) electrons. The molecule has 0 saturated heterocycles. The SMILES string of the molecule is Cc1ccc(S(=O)(=O)Nc2ncc(N(C(=O)OC(C)(C)C)S(=O)(=O)c3ccc(C)cc3)c3ccccc23)cc1. The lowest BCUT2D eigenvalue weighted by atomic mass is 10.1. The Balaban J connectivity index is 1.88. The van der Waals surface area contributed by atoms with E-state index in [4.69, 9.17) is 4.74 Å². The van der Waals surface area contributed by atoms with Crippen molar-refractivity contribution in [2.24, 2.45) is 0 Å². The Kier molecular flexibility index (Phi) is 7.42. The number of nitrogens with zero attached hydrogens (tertiary/aromatic N) is 2. The molecule has 39 heavy (non-hydrogen) atoms. The number of carbonyl (C=O) groups excluding carboxylic acids is 1. The molecule has 204 valence electrons. The van der Waals surface area contributed by atoms with E-state index in [1.807, 2.05) is 13.8 Å². The van der Waals surface area contributed by atoms with Crippen LogP contribution in [0.15, 0.2) is 88.8 Å². The minimum absolute atomic E-state index is 0.0215. The Morgan fingerprint density at radius 1 is 0.795 bits per heavy atom. The standard InChI is InChI=1S/C28H29N3O6S2/c1-19-10-14-21(15-11-19)38(33,34)30-26-24-9-7-6-8-23(24)25(18-29-26)31(27(32)37-28(3,4)5)39(35,36)22-16-12-20(2)13-17-22/h6-18H,1-5H3,(H,29,30). The van der Waals surface area contributed by atoms with E-state index in [1.54, 1.807) is 69.3 Å². The van der Waals surface area contributed by atoms with Crippen LogP contribution in [0, 0.1) is 13.8 Å². The third kappa shape index (κ3) is 6.04. The van der Waals surface area contributed by atoms with Crippen LogP contribution in [0.3, 0.4) is 0 Å². The van der Waals surface area contributed by atoms with Gasteiger partial charge in [0.2, 0.25) is 0 Å². The van der Waals surface area contributed by atoms with Gasteiger partial charge in [-0.25, -0.2) is 26.6 Å². The number of aromatic nitrogens is 1. The number of nitrogens with one attached hydrogen (secondary N) is 1. The highest BCUT2D eigenvalue weighted by molar-refractivity contribution is 7.93. The molecular weight excluding hydrogens is 538 g/mol. The third-order valence-electron chi connectivity index (χ3n) is 5.67. The molecule has 0 saturated carbocycles. The Morgan fingerprint density at radius 2 is 1.31 bits per heavy atom. The number of benzene rings is 3. The van der Waals surface area contributed by atoms with Crippen LogP contribution in [0.2, 0.25) is 0 Å². The summed E-state index contributed by atoms with van der Waals surface area (Å²) < 4.78 is 62.3. The van der Waals surface area contributed by atoms with Gasteiger partial charge in [0.25, 0.3) is 20.0 Å². The number of anilines is 2. The number of fused-ring (bicyclic) bond motifs is 1. The molecular formula is C28H29N3O6S2. The molecule has 1 heterocycles. The van der Waals surface area contributed by atoms with Gasteiger partial charge in [-0.3, -0.25) is 4.72 Å². The monoisotopic (exact) mass is 567 g/mol. The zero-order valence-electron chi connectivity index (χ0n) is 22.2. The number of hydrogen-bond acceptors (Lipinski definition) is 7. The van der Waals surface area contributed by atoms with Gasteiger partial charge < -0.3 is 4.74 Å². The number of pyridine rings is 1. The zero-order chi connectivity index (χ0) is 28.6. The Bertz CT molecular complexity index is 1740. The van der Waals surface area contributed by atoms with Gasteiger partial charge in [0, 0.05) is 10.8 Å². The van der Waals surface area contributed by atoms with Crippen molar-refractivity contribution in [2.75, 3.05) is 9.03 Å². The quantitative estimate of drug-likeness (QED) is 0.313. The van der Waals surface area contributed by atoms with Gasteiger partial charge in [-0.05, 0) is 58.9 Å². The molecule has 4 aromatic rings. The van der Waals surface area contributed by atoms with Crippen LogP contribution in [-0.4, -0.2) is 33.5 Å². The molecule has 0 spiro atoms. The minimum atomic E-state index is -4.45. The number of sulfonamides is 2. The van der Waals surface area contributed by atoms with Gasteiger partial charge in [-0.1, -0.05) is 59.7 Å². The van der Waals surface area contributed by atoms with Crippen LogP contribution < -0.4 is 9.03 Å². The highest BCUT2D eigenvalue weighted by Gasteiger charge is 2.36. The second-order valence-corrected chi connectivity index (χ2v) is 13.5. The predicted octanol–water partition coefficient (Wildman–Crippen LogP) is 5.78. The highest BCUT2D eigenvalue weighted by Crippen LogP contribution is 2.35. The van der Waals surface area contributed by atoms with Crippen molar-refractivity contribution in [2.45, 2.75) is 50.0 Å². The zero-order valence-corrected chi connectivity index (χ0v) is 23.8. The first-order valence-corrected chi connectivity index (χ1v) is 14.9. The summed E-state index contributed by atoms with van der Waals surface area (Å²) in [6.07, 6.45) is 0.0216. The van der Waals surface area contributed by atoms with E-state index in [1.165, 1.54) is 24.3 Å². The maximum absolute atomic E-state index is 13.8. The maximum Gasteiger partial charge on any atom is 0.429 e. The number of carbonyl (C=O) groups is 1. The number of hydrogen-bond donors (Lipinski definition) is 1. The summed E-state index contributed by atoms with van der Waals surface area (Å²) in [4.78, 5) is 17.6. The predicted molar refractivity (Wildman–Crippen MR) is 151 cm³/mol. The summed E-state index contributed by atoms with van der Waals surface area (Å²) in [7, 11) is -8.46. The van der Waals surface area contributed by atoms with E-state index in [9.17, 15) is 21.6 Å². The van der Waals surface area contributed by atoms with Crippen molar-refractivity contribution < 1.29 is 26.4 Å². The van der Waals surface area contributed by atoms with Crippen LogP contribution in [-0.2, 0) is 24.8 Å². The molecule has 1 N–H and O–H groups in total. The highest BCUT2D eigenvalue weighted by atomic mass is 32.2. The smallest absolute Gasteiger partial charge is 0.429 e. The van der Waals surface area contributed by atoms with Crippen molar-refractivity contribution >= 4 is 48.4 Å². The molecule has 0 aliphatic heterocycles. The Hall–Kier alpha value is -3.96. The second kappa shape index (κ2) is 10.3. The van der Waals surface area contributed by atoms with Crippen molar-refractivity contribution in [3.63, 3.8) is 0 Å². The van der Waals surface area contributed by atoms with Gasteiger partial charge in [0.1, 0.15) is 11.4 Å². The van der Waals surface area contributed by atoms with Gasteiger partial charge in [0.15, 0.2) is 0 Å². The van der Waals surface area contributed by atoms with Gasteiger partial charge in [0.05, 0.1) is 21.7 Å². The molecule has 0 atom stereocenters. The van der Waals surface area contributed by atoms with E-state index in [-0.39, 0.29) is 26.7 Å². The van der Waals surface area contributed by atoms with E-state index >= 15 is 0 Å². The minimum Gasteiger partial charge on any atom is -0.443 e. The molecule has 0 aliphatic rings. The van der Waals surface area contributed by atoms with Crippen LogP contribution >= 0.6 is 0 Å². The van der Waals surface area contributed by atoms with E-state index in [0.717, 1.165) is 17.3 Å². The molecule has 0 aliphatic carbocycles. The lowest BCUT2D eigenvalue weighted by molar-refractivity contribution is 0.0609. The van der Waals surface area contributed by atoms with Crippen LogP contribution in [0.1, 0.15) is 31.9 Å². The molecule has 1 amide bonds. The van der Waals surface area contributed by atoms with E-state index < -0.39 is 31.7 Å². The summed E-state index contributed by atoms with van der Waals surface area (Å²) in [6, 6.07) is 18.8. The maximum atomic E-state index is 13.8. The molecule has 11 heteroatoms. The summed E-state index contributed by atoms with van der Waals surface area (Å²) >= 11 is 0. The van der Waals surface area contributed by atoms with E-state index in [0.29, 0.717) is 9.69 Å². The molecule has 0 fully saturated rings. The van der Waals surface area contributed by atoms with Crippen molar-refractivity contribution in [1.82, 2.24) is 4.98 Å². The summed E-state index contributed by atoms with van der Waals surface area (Å²) in [5, 5.41) is 0.564. The van der Waals surface area contributed by atoms with Crippen molar-refractivity contribution in [3.8, 4) is 0 Å². The molecule has 0 bridgehead atoms. The van der Waals surface area contributed by atoms with Gasteiger partial charge >= 0.3 is 6.09 Å². The number of ether oxygens (including phenoxy) is 1. The summed E-state index contributed by atoms with van der Waals surface area (Å²) in [6.45, 7) is 8.54. The largest absolute Gasteiger partial charge is 0.443 e. The second-order valence-electron chi connectivity index (χ2n) is 10.0. The van der Waals surface area contributed by atoms with Crippen LogP contribution in [0.5, 0.6) is 0 Å². The number of amides is 1. The first-order valence-electron chi connectivity index (χ1n) is 12.0. The van der Waals surface area contributed by atoms with Crippen molar-refractivity contribution in [3.05, 3.63) is 90.1 Å². The first-order chi connectivity index (χ1) is 18.2. The average molecular weight is 568 g/mol. The van der Waals surface area contributed by atoms with E-state index in [2.05, 4.69) is 9.71 Å². The van der Waals surface area contributed by atoms with Gasteiger partial charge in [-0.15, -0.1) is 0 Å². The van der Waals surface area contributed by atoms with Crippen LogP contribution in [0.4, 0.5) is 16.3 Å². The third-order valence-corrected chi connectivity index (χ3v) is 8.72. The number of rotatable bonds is 6. The van der Waals surface area contributed by atoms with Crippen LogP contribution in [0.25, 0.3) is 10.8 Å². The fourth-order valence-electron chi connectivity index (χ4n) is 3.77. The van der Waals surface area contributed by atoms with Gasteiger partial charge in [-0.2, -0.15) is 4.31 Å². The molecule has 1 aromatic heterocycles. The summed E-state index contributed by atoms with van der Waals surface area (Å²) in [5.74, 6) is -0.0215. The molecule has 3 aromatic carbocycles. The normalized spacial score (nSPS) is 12.2. The molecule has 4 rings (SSSR count). The topological polar surface area (TPSA) is 123 Å². The average Bonchev–Trinajstić information content (AvgIpc) is 2.84. The fraction of sp³-hybridized carbons (Fsp3) is 0.214. The first kappa shape index (κ1) is 28.1.